The smallest absolute Gasteiger partial charge is 0.181 e. The largest absolute Gasteiger partial charge is 0.375 e. The Morgan fingerprint density at radius 2 is 2.26 bits per heavy atom. The molecule has 0 N–H and O–H groups in total. The molecule has 0 radical (unpaired) electrons. The third kappa shape index (κ3) is 4.19. The first-order valence-electron chi connectivity index (χ1n) is 6.10. The molecule has 0 bridgehead atoms. The zero-order chi connectivity index (χ0) is 13.7. The molecule has 100 valence electrons. The van der Waals surface area contributed by atoms with E-state index in [1.807, 2.05) is 50.4 Å². The molecule has 19 heavy (non-hydrogen) atoms. The van der Waals surface area contributed by atoms with E-state index in [0.29, 0.717) is 17.5 Å². The van der Waals surface area contributed by atoms with Crippen LogP contribution in [0.4, 0.5) is 0 Å². The van der Waals surface area contributed by atoms with Crippen LogP contribution >= 0.6 is 11.6 Å². The highest BCUT2D eigenvalue weighted by atomic mass is 35.5. The molecule has 5 heteroatoms. The molecule has 0 amide bonds. The Hall–Kier alpha value is -1.65. The fraction of sp³-hybridized carbons (Fsp3) is 0.286. The third-order valence-corrected chi connectivity index (χ3v) is 2.61. The van der Waals surface area contributed by atoms with Gasteiger partial charge >= 0.3 is 0 Å². The summed E-state index contributed by atoms with van der Waals surface area (Å²) in [7, 11) is 0. The van der Waals surface area contributed by atoms with E-state index in [1.54, 1.807) is 11.0 Å². The summed E-state index contributed by atoms with van der Waals surface area (Å²) in [5.41, 5.74) is 0.901. The van der Waals surface area contributed by atoms with Gasteiger partial charge in [-0.3, -0.25) is 0 Å². The van der Waals surface area contributed by atoms with Crippen LogP contribution in [0.15, 0.2) is 36.7 Å². The van der Waals surface area contributed by atoms with E-state index < -0.39 is 0 Å². The van der Waals surface area contributed by atoms with Crippen LogP contribution in [-0.2, 0) is 4.74 Å². The number of hydrogen-bond acceptors (Lipinski definition) is 3. The molecule has 0 aliphatic carbocycles. The van der Waals surface area contributed by atoms with Crippen molar-refractivity contribution in [3.63, 3.8) is 0 Å². The molecular weight excluding hydrogens is 262 g/mol. The predicted molar refractivity (Wildman–Crippen MR) is 76.9 cm³/mol. The van der Waals surface area contributed by atoms with Crippen LogP contribution in [0, 0.1) is 0 Å². The minimum Gasteiger partial charge on any atom is -0.375 e. The van der Waals surface area contributed by atoms with Gasteiger partial charge in [-0.25, -0.2) is 9.67 Å². The molecule has 0 unspecified atom stereocenters. The van der Waals surface area contributed by atoms with Crippen LogP contribution in [0.25, 0.3) is 17.6 Å². The summed E-state index contributed by atoms with van der Waals surface area (Å²) >= 11 is 5.94. The van der Waals surface area contributed by atoms with E-state index in [0.717, 1.165) is 5.56 Å². The fourth-order valence-electron chi connectivity index (χ4n) is 1.51. The van der Waals surface area contributed by atoms with Crippen LogP contribution < -0.4 is 0 Å². The molecule has 0 saturated carbocycles. The number of ether oxygens (including phenoxy) is 1. The number of nitrogens with zero attached hydrogens (tertiary/aromatic N) is 3. The minimum absolute atomic E-state index is 0.224. The van der Waals surface area contributed by atoms with Crippen molar-refractivity contribution in [3.05, 3.63) is 41.7 Å². The quantitative estimate of drug-likeness (QED) is 0.840. The van der Waals surface area contributed by atoms with Crippen LogP contribution in [0.5, 0.6) is 0 Å². The zero-order valence-electron chi connectivity index (χ0n) is 11.0. The van der Waals surface area contributed by atoms with Crippen molar-refractivity contribution < 1.29 is 4.74 Å². The second-order valence-electron chi connectivity index (χ2n) is 4.33. The fourth-order valence-corrected chi connectivity index (χ4v) is 1.70. The van der Waals surface area contributed by atoms with E-state index >= 15 is 0 Å². The van der Waals surface area contributed by atoms with Gasteiger partial charge in [-0.05, 0) is 32.1 Å². The van der Waals surface area contributed by atoms with Crippen LogP contribution in [0.1, 0.15) is 13.8 Å². The summed E-state index contributed by atoms with van der Waals surface area (Å²) in [4.78, 5) is 4.24. The number of aromatic nitrogens is 3. The SMILES string of the molecule is CC(C)OC/C=C\n1cnc(-c2cccc(Cl)c2)n1. The molecule has 4 nitrogen and oxygen atoms in total. The molecule has 1 aromatic heterocycles. The van der Waals surface area contributed by atoms with Crippen molar-refractivity contribution in [1.29, 1.82) is 0 Å². The highest BCUT2D eigenvalue weighted by molar-refractivity contribution is 6.30. The molecule has 1 aromatic carbocycles. The highest BCUT2D eigenvalue weighted by Crippen LogP contribution is 2.18. The summed E-state index contributed by atoms with van der Waals surface area (Å²) in [6.07, 6.45) is 5.60. The first-order valence-corrected chi connectivity index (χ1v) is 6.48. The van der Waals surface area contributed by atoms with Gasteiger partial charge in [0.1, 0.15) is 6.33 Å². The summed E-state index contributed by atoms with van der Waals surface area (Å²) in [6.45, 7) is 4.56. The van der Waals surface area contributed by atoms with E-state index in [2.05, 4.69) is 10.1 Å². The van der Waals surface area contributed by atoms with Gasteiger partial charge in [0.25, 0.3) is 0 Å². The van der Waals surface area contributed by atoms with Crippen molar-refractivity contribution in [2.45, 2.75) is 20.0 Å². The first-order chi connectivity index (χ1) is 9.15. The Balaban J connectivity index is 2.03. The van der Waals surface area contributed by atoms with Gasteiger partial charge in [-0.1, -0.05) is 23.7 Å². The topological polar surface area (TPSA) is 39.9 Å². The van der Waals surface area contributed by atoms with Gasteiger partial charge in [-0.15, -0.1) is 5.10 Å². The lowest BCUT2D eigenvalue weighted by atomic mass is 10.2. The van der Waals surface area contributed by atoms with E-state index in [9.17, 15) is 0 Å². The highest BCUT2D eigenvalue weighted by Gasteiger charge is 2.03. The van der Waals surface area contributed by atoms with Gasteiger partial charge < -0.3 is 4.74 Å². The van der Waals surface area contributed by atoms with Crippen molar-refractivity contribution >= 4 is 17.8 Å². The lowest BCUT2D eigenvalue weighted by Crippen LogP contribution is -2.01. The average Bonchev–Trinajstić information content (AvgIpc) is 2.83. The predicted octanol–water partition coefficient (Wildman–Crippen LogP) is 3.49. The monoisotopic (exact) mass is 277 g/mol. The van der Waals surface area contributed by atoms with E-state index in [4.69, 9.17) is 16.3 Å². The standard InChI is InChI=1S/C14H16ClN3O/c1-11(2)19-8-4-7-18-10-16-14(17-18)12-5-3-6-13(15)9-12/h3-7,9-11H,8H2,1-2H3/b7-4-. The molecule has 2 rings (SSSR count). The Morgan fingerprint density at radius 1 is 1.42 bits per heavy atom. The maximum absolute atomic E-state index is 5.94. The van der Waals surface area contributed by atoms with Gasteiger partial charge in [0.2, 0.25) is 0 Å². The van der Waals surface area contributed by atoms with Gasteiger partial charge in [0.15, 0.2) is 5.82 Å². The number of halogens is 1. The Bertz CT molecular complexity index is 563. The summed E-state index contributed by atoms with van der Waals surface area (Å²) in [5.74, 6) is 0.650. The summed E-state index contributed by atoms with van der Waals surface area (Å²) in [6, 6.07) is 7.47. The maximum atomic E-state index is 5.94. The lowest BCUT2D eigenvalue weighted by molar-refractivity contribution is 0.103. The zero-order valence-corrected chi connectivity index (χ0v) is 11.7. The van der Waals surface area contributed by atoms with Gasteiger partial charge in [0.05, 0.1) is 12.7 Å². The maximum Gasteiger partial charge on any atom is 0.181 e. The molecule has 1 heterocycles. The van der Waals surface area contributed by atoms with Gasteiger partial charge in [-0.2, -0.15) is 0 Å². The summed E-state index contributed by atoms with van der Waals surface area (Å²) in [5, 5.41) is 5.02. The number of rotatable bonds is 5. The first kappa shape index (κ1) is 13.8. The van der Waals surface area contributed by atoms with Crippen molar-refractivity contribution in [1.82, 2.24) is 14.8 Å². The minimum atomic E-state index is 0.224. The molecule has 0 fully saturated rings. The van der Waals surface area contributed by atoms with Crippen molar-refractivity contribution in [2.75, 3.05) is 6.61 Å². The van der Waals surface area contributed by atoms with E-state index in [-0.39, 0.29) is 6.10 Å². The Morgan fingerprint density at radius 3 is 3.00 bits per heavy atom. The second kappa shape index (κ2) is 6.50. The molecule has 0 aliphatic heterocycles. The van der Waals surface area contributed by atoms with E-state index in [1.165, 1.54) is 0 Å². The van der Waals surface area contributed by atoms with Crippen LogP contribution in [-0.4, -0.2) is 27.5 Å². The number of benzene rings is 1. The Labute approximate surface area is 117 Å². The molecule has 0 atom stereocenters. The van der Waals surface area contributed by atoms with Crippen LogP contribution in [0.2, 0.25) is 5.02 Å². The molecular formula is C14H16ClN3O. The molecule has 0 saturated heterocycles. The Kier molecular flexibility index (Phi) is 4.71. The van der Waals surface area contributed by atoms with Gasteiger partial charge in [0, 0.05) is 16.8 Å². The van der Waals surface area contributed by atoms with Crippen molar-refractivity contribution in [2.24, 2.45) is 0 Å². The normalized spacial score (nSPS) is 11.6. The molecule has 2 aromatic rings. The molecule has 0 spiro atoms. The van der Waals surface area contributed by atoms with Crippen molar-refractivity contribution in [3.8, 4) is 11.4 Å². The second-order valence-corrected chi connectivity index (χ2v) is 4.76. The molecule has 0 aliphatic rings. The summed E-state index contributed by atoms with van der Waals surface area (Å²) < 4.78 is 7.06. The third-order valence-electron chi connectivity index (χ3n) is 2.38. The lowest BCUT2D eigenvalue weighted by Gasteiger charge is -2.02. The van der Waals surface area contributed by atoms with Crippen LogP contribution in [0.3, 0.4) is 0 Å². The average molecular weight is 278 g/mol. The number of hydrogen-bond donors (Lipinski definition) is 0.